The first-order chi connectivity index (χ1) is 9.77. The topological polar surface area (TPSA) is 83.8 Å². The predicted octanol–water partition coefficient (Wildman–Crippen LogP) is 1.33. The Morgan fingerprint density at radius 2 is 1.81 bits per heavy atom. The third kappa shape index (κ3) is 4.51. The monoisotopic (exact) mass is 292 g/mol. The number of aliphatic hydroxyl groups excluding tert-OH is 1. The molecule has 0 unspecified atom stereocenters. The first-order valence-electron chi connectivity index (χ1n) is 6.63. The molecule has 0 aliphatic carbocycles. The zero-order chi connectivity index (χ0) is 16.0. The molecule has 1 aromatic rings. The Balaban J connectivity index is 3.10. The number of hydrogen-bond acceptors (Lipinski definition) is 5. The van der Waals surface area contributed by atoms with E-state index in [4.69, 9.17) is 4.74 Å². The Labute approximate surface area is 123 Å². The van der Waals surface area contributed by atoms with E-state index in [0.29, 0.717) is 5.56 Å². The fourth-order valence-corrected chi connectivity index (χ4v) is 1.68. The third-order valence-corrected chi connectivity index (χ3v) is 2.80. The zero-order valence-corrected chi connectivity index (χ0v) is 12.3. The van der Waals surface area contributed by atoms with Gasteiger partial charge in [-0.2, -0.15) is 0 Å². The van der Waals surface area contributed by atoms with Crippen molar-refractivity contribution in [2.24, 2.45) is 0 Å². The average molecular weight is 292 g/mol. The highest BCUT2D eigenvalue weighted by Gasteiger charge is 2.45. The quantitative estimate of drug-likeness (QED) is 0.773. The summed E-state index contributed by atoms with van der Waals surface area (Å²) in [5.41, 5.74) is -1.70. The Morgan fingerprint density at radius 1 is 1.24 bits per heavy atom. The van der Waals surface area contributed by atoms with Gasteiger partial charge in [0.05, 0.1) is 6.10 Å². The minimum atomic E-state index is -2.41. The van der Waals surface area contributed by atoms with Crippen LogP contribution in [0.3, 0.4) is 0 Å². The molecule has 2 atom stereocenters. The molecule has 0 saturated carbocycles. The number of ketones is 1. The Kier molecular flexibility index (Phi) is 5.81. The van der Waals surface area contributed by atoms with Crippen LogP contribution in [0.4, 0.5) is 0 Å². The highest BCUT2D eigenvalue weighted by molar-refractivity contribution is 5.93. The van der Waals surface area contributed by atoms with E-state index >= 15 is 0 Å². The summed E-state index contributed by atoms with van der Waals surface area (Å²) in [5.74, 6) is -1.79. The van der Waals surface area contributed by atoms with Crippen molar-refractivity contribution in [3.8, 4) is 0 Å². The summed E-state index contributed by atoms with van der Waals surface area (Å²) in [6.45, 7) is 4.31. The van der Waals surface area contributed by atoms with Crippen molar-refractivity contribution in [2.45, 2.75) is 38.6 Å². The standard InChI is InChI=1S/C16H20O5/c1-11(2)21-15(19)16(20,14(18)12(3)17)10-9-13-7-5-4-6-8-13/h4-11,14,18,20H,1-3H3/b10-9+/t14-,16+/m0/s1. The molecule has 0 heterocycles. The maximum atomic E-state index is 12.0. The second-order valence-corrected chi connectivity index (χ2v) is 5.04. The van der Waals surface area contributed by atoms with Crippen LogP contribution in [0.1, 0.15) is 26.3 Å². The van der Waals surface area contributed by atoms with E-state index in [0.717, 1.165) is 13.0 Å². The van der Waals surface area contributed by atoms with Gasteiger partial charge in [0.2, 0.25) is 5.60 Å². The molecule has 5 nitrogen and oxygen atoms in total. The van der Waals surface area contributed by atoms with Crippen LogP contribution in [0.5, 0.6) is 0 Å². The zero-order valence-electron chi connectivity index (χ0n) is 12.3. The van der Waals surface area contributed by atoms with Crippen LogP contribution < -0.4 is 0 Å². The first-order valence-corrected chi connectivity index (χ1v) is 6.63. The minimum absolute atomic E-state index is 0.478. The molecular formula is C16H20O5. The number of rotatable bonds is 6. The first kappa shape index (κ1) is 17.1. The second kappa shape index (κ2) is 7.15. The lowest BCUT2D eigenvalue weighted by Gasteiger charge is -2.27. The van der Waals surface area contributed by atoms with Crippen molar-refractivity contribution in [3.05, 3.63) is 42.0 Å². The van der Waals surface area contributed by atoms with Crippen LogP contribution >= 0.6 is 0 Å². The van der Waals surface area contributed by atoms with E-state index in [-0.39, 0.29) is 0 Å². The molecule has 0 saturated heterocycles. The van der Waals surface area contributed by atoms with Crippen molar-refractivity contribution in [1.29, 1.82) is 0 Å². The molecule has 0 bridgehead atoms. The van der Waals surface area contributed by atoms with Crippen molar-refractivity contribution in [3.63, 3.8) is 0 Å². The van der Waals surface area contributed by atoms with Gasteiger partial charge < -0.3 is 14.9 Å². The lowest BCUT2D eigenvalue weighted by atomic mass is 9.92. The summed E-state index contributed by atoms with van der Waals surface area (Å²) in [5, 5.41) is 20.3. The molecule has 2 N–H and O–H groups in total. The van der Waals surface area contributed by atoms with E-state index in [9.17, 15) is 19.8 Å². The van der Waals surface area contributed by atoms with Crippen LogP contribution in [-0.4, -0.2) is 39.8 Å². The number of aliphatic hydroxyl groups is 2. The summed E-state index contributed by atoms with van der Waals surface area (Å²) >= 11 is 0. The van der Waals surface area contributed by atoms with E-state index < -0.39 is 29.6 Å². The molecule has 1 rings (SSSR count). The average Bonchev–Trinajstić information content (AvgIpc) is 2.44. The van der Waals surface area contributed by atoms with Crippen LogP contribution in [0.15, 0.2) is 36.4 Å². The predicted molar refractivity (Wildman–Crippen MR) is 78.3 cm³/mol. The van der Waals surface area contributed by atoms with E-state index in [2.05, 4.69) is 0 Å². The van der Waals surface area contributed by atoms with Crippen LogP contribution in [0, 0.1) is 0 Å². The van der Waals surface area contributed by atoms with Crippen molar-refractivity contribution in [1.82, 2.24) is 0 Å². The van der Waals surface area contributed by atoms with E-state index in [1.807, 2.05) is 6.07 Å². The third-order valence-electron chi connectivity index (χ3n) is 2.80. The molecule has 0 aliphatic rings. The van der Waals surface area contributed by atoms with Gasteiger partial charge in [-0.05, 0) is 32.4 Å². The Bertz CT molecular complexity index is 521. The number of carbonyl (C=O) groups excluding carboxylic acids is 2. The van der Waals surface area contributed by atoms with Crippen molar-refractivity contribution >= 4 is 17.8 Å². The summed E-state index contributed by atoms with van der Waals surface area (Å²) < 4.78 is 4.92. The molecule has 0 spiro atoms. The largest absolute Gasteiger partial charge is 0.461 e. The highest BCUT2D eigenvalue weighted by Crippen LogP contribution is 2.19. The number of esters is 1. The van der Waals surface area contributed by atoms with Gasteiger partial charge in [0.15, 0.2) is 11.9 Å². The van der Waals surface area contributed by atoms with Crippen molar-refractivity contribution in [2.75, 3.05) is 0 Å². The minimum Gasteiger partial charge on any atom is -0.461 e. The van der Waals surface area contributed by atoms with Gasteiger partial charge in [-0.3, -0.25) is 4.79 Å². The molecule has 114 valence electrons. The van der Waals surface area contributed by atoms with E-state index in [1.165, 1.54) is 6.08 Å². The van der Waals surface area contributed by atoms with Gasteiger partial charge in [-0.25, -0.2) is 4.79 Å². The highest BCUT2D eigenvalue weighted by atomic mass is 16.6. The van der Waals surface area contributed by atoms with Gasteiger partial charge in [0.1, 0.15) is 0 Å². The van der Waals surface area contributed by atoms with Crippen LogP contribution in [-0.2, 0) is 14.3 Å². The lowest BCUT2D eigenvalue weighted by Crippen LogP contribution is -2.52. The Morgan fingerprint density at radius 3 is 2.29 bits per heavy atom. The summed E-state index contributed by atoms with van der Waals surface area (Å²) in [7, 11) is 0. The van der Waals surface area contributed by atoms with Crippen LogP contribution in [0.2, 0.25) is 0 Å². The molecule has 21 heavy (non-hydrogen) atoms. The summed E-state index contributed by atoms with van der Waals surface area (Å²) in [6, 6.07) is 8.90. The number of carbonyl (C=O) groups is 2. The molecule has 0 radical (unpaired) electrons. The molecular weight excluding hydrogens is 272 g/mol. The van der Waals surface area contributed by atoms with Gasteiger partial charge in [0.25, 0.3) is 0 Å². The number of hydrogen-bond donors (Lipinski definition) is 2. The van der Waals surface area contributed by atoms with E-state index in [1.54, 1.807) is 38.1 Å². The van der Waals surface area contributed by atoms with Crippen molar-refractivity contribution < 1.29 is 24.5 Å². The fourth-order valence-electron chi connectivity index (χ4n) is 1.68. The number of benzene rings is 1. The molecule has 0 aromatic heterocycles. The SMILES string of the molecule is CC(=O)[C@H](O)[C@](O)(/C=C/c1ccccc1)C(=O)OC(C)C. The lowest BCUT2D eigenvalue weighted by molar-refractivity contribution is -0.176. The van der Waals surface area contributed by atoms with Gasteiger partial charge in [0, 0.05) is 0 Å². The maximum Gasteiger partial charge on any atom is 0.345 e. The fraction of sp³-hybridized carbons (Fsp3) is 0.375. The summed E-state index contributed by atoms with van der Waals surface area (Å²) in [6.07, 6.45) is 0.171. The smallest absolute Gasteiger partial charge is 0.345 e. The second-order valence-electron chi connectivity index (χ2n) is 5.04. The molecule has 0 fully saturated rings. The summed E-state index contributed by atoms with van der Waals surface area (Å²) in [4.78, 5) is 23.3. The molecule has 5 heteroatoms. The Hall–Kier alpha value is -1.98. The number of ether oxygens (including phenoxy) is 1. The molecule has 0 aliphatic heterocycles. The van der Waals surface area contributed by atoms with Gasteiger partial charge in [-0.1, -0.05) is 36.4 Å². The van der Waals surface area contributed by atoms with Gasteiger partial charge in [-0.15, -0.1) is 0 Å². The molecule has 1 aromatic carbocycles. The molecule has 0 amide bonds. The number of Topliss-reactive ketones (excluding diaryl/α,β-unsaturated/α-hetero) is 1. The van der Waals surface area contributed by atoms with Crippen LogP contribution in [0.25, 0.3) is 6.08 Å². The normalized spacial score (nSPS) is 15.7. The maximum absolute atomic E-state index is 12.0. The van der Waals surface area contributed by atoms with Gasteiger partial charge >= 0.3 is 5.97 Å².